The molecule has 1 aromatic rings. The second-order valence-electron chi connectivity index (χ2n) is 4.66. The third-order valence-corrected chi connectivity index (χ3v) is 3.39. The van der Waals surface area contributed by atoms with Gasteiger partial charge in [0.1, 0.15) is 0 Å². The van der Waals surface area contributed by atoms with Gasteiger partial charge in [0.15, 0.2) is 0 Å². The van der Waals surface area contributed by atoms with Gasteiger partial charge >= 0.3 is 0 Å². The topological polar surface area (TPSA) is 53.1 Å². The Labute approximate surface area is 105 Å². The van der Waals surface area contributed by atoms with Gasteiger partial charge in [-0.25, -0.2) is 8.78 Å². The van der Waals surface area contributed by atoms with E-state index in [0.29, 0.717) is 24.3 Å². The lowest BCUT2D eigenvalue weighted by atomic mass is 10.0. The molecule has 1 aliphatic rings. The average molecular weight is 251 g/mol. The highest BCUT2D eigenvalue weighted by molar-refractivity contribution is 5.68. The summed E-state index contributed by atoms with van der Waals surface area (Å²) in [5.41, 5.74) is 8.46. The maximum atomic E-state index is 13.1. The van der Waals surface area contributed by atoms with E-state index in [1.807, 2.05) is 17.9 Å². The van der Waals surface area contributed by atoms with Crippen LogP contribution in [0.3, 0.4) is 0 Å². The smallest absolute Gasteiger partial charge is 0.251 e. The summed E-state index contributed by atoms with van der Waals surface area (Å²) in [5.74, 6) is -2.57. The molecule has 1 heterocycles. The van der Waals surface area contributed by atoms with Crippen molar-refractivity contribution in [2.45, 2.75) is 25.7 Å². The quantitative estimate of drug-likeness (QED) is 0.781. The normalized spacial score (nSPS) is 18.4. The molecule has 1 fully saturated rings. The number of hydrogen-bond acceptors (Lipinski definition) is 3. The number of nitrogens with zero attached hydrogens (tertiary/aromatic N) is 2. The fourth-order valence-corrected chi connectivity index (χ4v) is 2.19. The number of benzene rings is 1. The summed E-state index contributed by atoms with van der Waals surface area (Å²) >= 11 is 0. The van der Waals surface area contributed by atoms with Crippen molar-refractivity contribution in [2.75, 3.05) is 23.7 Å². The van der Waals surface area contributed by atoms with Gasteiger partial charge in [0.2, 0.25) is 0 Å². The molecule has 2 N–H and O–H groups in total. The van der Waals surface area contributed by atoms with Crippen LogP contribution in [0.15, 0.2) is 12.1 Å². The zero-order valence-corrected chi connectivity index (χ0v) is 10.2. The van der Waals surface area contributed by atoms with Gasteiger partial charge in [-0.05, 0) is 24.6 Å². The van der Waals surface area contributed by atoms with Gasteiger partial charge in [-0.1, -0.05) is 0 Å². The van der Waals surface area contributed by atoms with Gasteiger partial charge in [0, 0.05) is 37.3 Å². The Morgan fingerprint density at radius 2 is 1.94 bits per heavy atom. The summed E-state index contributed by atoms with van der Waals surface area (Å²) in [5, 5.41) is 8.91. The van der Waals surface area contributed by atoms with Crippen molar-refractivity contribution >= 4 is 11.4 Å². The summed E-state index contributed by atoms with van der Waals surface area (Å²) in [6, 6.07) is 5.36. The van der Waals surface area contributed by atoms with Crippen molar-refractivity contribution in [1.82, 2.24) is 0 Å². The van der Waals surface area contributed by atoms with Crippen molar-refractivity contribution in [3.05, 3.63) is 23.3 Å². The van der Waals surface area contributed by atoms with E-state index >= 15 is 0 Å². The zero-order valence-electron chi connectivity index (χ0n) is 10.2. The monoisotopic (exact) mass is 251 g/mol. The largest absolute Gasteiger partial charge is 0.398 e. The Morgan fingerprint density at radius 1 is 1.33 bits per heavy atom. The molecular formula is C13H15F2N3. The van der Waals surface area contributed by atoms with Gasteiger partial charge in [-0.2, -0.15) is 5.26 Å². The molecule has 0 aromatic heterocycles. The van der Waals surface area contributed by atoms with Crippen LogP contribution < -0.4 is 10.6 Å². The van der Waals surface area contributed by atoms with E-state index in [1.54, 1.807) is 12.1 Å². The standard InChI is InChI=1S/C13H15F2N3/c1-9-11(17)6-10(8-16)7-12(9)18-4-2-13(14,15)3-5-18/h6-7H,2-5,17H2,1H3. The minimum Gasteiger partial charge on any atom is -0.398 e. The minimum atomic E-state index is -2.57. The zero-order chi connectivity index (χ0) is 13.3. The van der Waals surface area contributed by atoms with E-state index in [9.17, 15) is 8.78 Å². The summed E-state index contributed by atoms with van der Waals surface area (Å²) in [6.07, 6.45) is -0.299. The molecule has 1 aliphatic heterocycles. The van der Waals surface area contributed by atoms with Gasteiger partial charge in [0.25, 0.3) is 5.92 Å². The van der Waals surface area contributed by atoms with E-state index in [2.05, 4.69) is 0 Å². The first kappa shape index (κ1) is 12.6. The Hall–Kier alpha value is -1.83. The number of alkyl halides is 2. The molecular weight excluding hydrogens is 236 g/mol. The fraction of sp³-hybridized carbons (Fsp3) is 0.462. The van der Waals surface area contributed by atoms with Crippen LogP contribution in [0.25, 0.3) is 0 Å². The predicted octanol–water partition coefficient (Wildman–Crippen LogP) is 2.68. The van der Waals surface area contributed by atoms with Crippen molar-refractivity contribution < 1.29 is 8.78 Å². The lowest BCUT2D eigenvalue weighted by molar-refractivity contribution is -0.0220. The average Bonchev–Trinajstić information content (AvgIpc) is 2.33. The molecule has 96 valence electrons. The molecule has 0 radical (unpaired) electrons. The van der Waals surface area contributed by atoms with Crippen LogP contribution in [-0.2, 0) is 0 Å². The molecule has 18 heavy (non-hydrogen) atoms. The van der Waals surface area contributed by atoms with Crippen LogP contribution >= 0.6 is 0 Å². The lowest BCUT2D eigenvalue weighted by Gasteiger charge is -2.34. The number of rotatable bonds is 1. The van der Waals surface area contributed by atoms with Crippen LogP contribution in [0.2, 0.25) is 0 Å². The highest BCUT2D eigenvalue weighted by atomic mass is 19.3. The number of halogens is 2. The summed E-state index contributed by atoms with van der Waals surface area (Å²) in [7, 11) is 0. The highest BCUT2D eigenvalue weighted by Crippen LogP contribution is 2.33. The Morgan fingerprint density at radius 3 is 2.50 bits per heavy atom. The molecule has 3 nitrogen and oxygen atoms in total. The number of nitriles is 1. The highest BCUT2D eigenvalue weighted by Gasteiger charge is 2.34. The van der Waals surface area contributed by atoms with E-state index < -0.39 is 5.92 Å². The molecule has 0 unspecified atom stereocenters. The van der Waals surface area contributed by atoms with Gasteiger partial charge in [-0.3, -0.25) is 0 Å². The van der Waals surface area contributed by atoms with E-state index in [-0.39, 0.29) is 12.8 Å². The number of hydrogen-bond donors (Lipinski definition) is 1. The molecule has 0 atom stereocenters. The molecule has 0 saturated carbocycles. The maximum absolute atomic E-state index is 13.1. The number of piperidine rings is 1. The van der Waals surface area contributed by atoms with Crippen LogP contribution in [0.1, 0.15) is 24.0 Å². The van der Waals surface area contributed by atoms with E-state index in [1.165, 1.54) is 0 Å². The van der Waals surface area contributed by atoms with Crippen molar-refractivity contribution in [3.8, 4) is 6.07 Å². The molecule has 1 aromatic carbocycles. The van der Waals surface area contributed by atoms with Crippen LogP contribution in [0.4, 0.5) is 20.2 Å². The summed E-state index contributed by atoms with van der Waals surface area (Å²) in [4.78, 5) is 1.88. The van der Waals surface area contributed by atoms with Gasteiger partial charge in [-0.15, -0.1) is 0 Å². The Kier molecular flexibility index (Phi) is 3.12. The SMILES string of the molecule is Cc1c(N)cc(C#N)cc1N1CCC(F)(F)CC1. The molecule has 2 rings (SSSR count). The third-order valence-electron chi connectivity index (χ3n) is 3.39. The maximum Gasteiger partial charge on any atom is 0.251 e. The first-order chi connectivity index (χ1) is 8.43. The lowest BCUT2D eigenvalue weighted by Crippen LogP contribution is -2.39. The first-order valence-electron chi connectivity index (χ1n) is 5.86. The predicted molar refractivity (Wildman–Crippen MR) is 66.7 cm³/mol. The number of nitrogens with two attached hydrogens (primary N) is 1. The molecule has 0 spiro atoms. The fourth-order valence-electron chi connectivity index (χ4n) is 2.19. The van der Waals surface area contributed by atoms with Gasteiger partial charge < -0.3 is 10.6 Å². The van der Waals surface area contributed by atoms with Gasteiger partial charge in [0.05, 0.1) is 11.6 Å². The summed E-state index contributed by atoms with van der Waals surface area (Å²) in [6.45, 7) is 2.43. The first-order valence-corrected chi connectivity index (χ1v) is 5.86. The van der Waals surface area contributed by atoms with Crippen LogP contribution in [0, 0.1) is 18.3 Å². The molecule has 0 bridgehead atoms. The molecule has 5 heteroatoms. The van der Waals surface area contributed by atoms with Crippen molar-refractivity contribution in [2.24, 2.45) is 0 Å². The second-order valence-corrected chi connectivity index (χ2v) is 4.66. The third kappa shape index (κ3) is 2.37. The summed E-state index contributed by atoms with van der Waals surface area (Å²) < 4.78 is 26.2. The van der Waals surface area contributed by atoms with E-state index in [0.717, 1.165) is 11.3 Å². The number of anilines is 2. The molecule has 0 aliphatic carbocycles. The van der Waals surface area contributed by atoms with Crippen molar-refractivity contribution in [3.63, 3.8) is 0 Å². The molecule has 0 amide bonds. The Bertz CT molecular complexity index is 496. The van der Waals surface area contributed by atoms with Crippen molar-refractivity contribution in [1.29, 1.82) is 5.26 Å². The molecule has 1 saturated heterocycles. The Balaban J connectivity index is 2.29. The van der Waals surface area contributed by atoms with Crippen LogP contribution in [-0.4, -0.2) is 19.0 Å². The number of nitrogen functional groups attached to an aromatic ring is 1. The second kappa shape index (κ2) is 4.45. The minimum absolute atomic E-state index is 0.150. The van der Waals surface area contributed by atoms with E-state index in [4.69, 9.17) is 11.0 Å². The van der Waals surface area contributed by atoms with Crippen LogP contribution in [0.5, 0.6) is 0 Å².